The maximum Gasteiger partial charge on any atom is 0.157 e. The first-order chi connectivity index (χ1) is 15.3. The van der Waals surface area contributed by atoms with E-state index in [1.165, 1.54) is 17.5 Å². The van der Waals surface area contributed by atoms with Crippen molar-refractivity contribution in [3.05, 3.63) is 102 Å². The summed E-state index contributed by atoms with van der Waals surface area (Å²) in [6, 6.07) is 16.1. The van der Waals surface area contributed by atoms with Crippen LogP contribution in [0.15, 0.2) is 73.4 Å². The lowest BCUT2D eigenvalue weighted by molar-refractivity contribution is 0.719. The molecular formula is C24H17N7. The van der Waals surface area contributed by atoms with E-state index in [-0.39, 0.29) is 0 Å². The molecule has 4 aromatic heterocycles. The number of rotatable bonds is 2. The summed E-state index contributed by atoms with van der Waals surface area (Å²) in [5, 5.41) is 9.15. The lowest BCUT2D eigenvalue weighted by Crippen LogP contribution is -2.03. The summed E-state index contributed by atoms with van der Waals surface area (Å²) >= 11 is 0. The second kappa shape index (κ2) is 7.18. The average Bonchev–Trinajstić information content (AvgIpc) is 3.53. The number of nitrogens with zero attached hydrogens (tertiary/aromatic N) is 7. The number of aryl methyl sites for hydroxylation is 1. The van der Waals surface area contributed by atoms with Crippen LogP contribution in [0.3, 0.4) is 0 Å². The van der Waals surface area contributed by atoms with Gasteiger partial charge in [0.25, 0.3) is 0 Å². The van der Waals surface area contributed by atoms with Crippen molar-refractivity contribution < 1.29 is 0 Å². The highest BCUT2D eigenvalue weighted by atomic mass is 15.3. The Morgan fingerprint density at radius 3 is 2.84 bits per heavy atom. The first-order valence-electron chi connectivity index (χ1n) is 10.1. The van der Waals surface area contributed by atoms with Crippen LogP contribution in [0.5, 0.6) is 0 Å². The molecule has 1 unspecified atom stereocenters. The molecule has 0 saturated heterocycles. The summed E-state index contributed by atoms with van der Waals surface area (Å²) in [6.07, 6.45) is 9.13. The van der Waals surface area contributed by atoms with E-state index in [1.807, 2.05) is 28.9 Å². The molecular weight excluding hydrogens is 386 g/mol. The number of benzene rings is 1. The minimum atomic E-state index is 0.334. The highest BCUT2D eigenvalue weighted by Gasteiger charge is 2.27. The number of imidazole rings is 1. The van der Waals surface area contributed by atoms with Crippen LogP contribution in [0.25, 0.3) is 11.5 Å². The zero-order chi connectivity index (χ0) is 20.6. The van der Waals surface area contributed by atoms with Gasteiger partial charge in [0.1, 0.15) is 17.7 Å². The predicted molar refractivity (Wildman–Crippen MR) is 115 cm³/mol. The van der Waals surface area contributed by atoms with Crippen LogP contribution in [0.4, 0.5) is 0 Å². The van der Waals surface area contributed by atoms with E-state index in [0.717, 1.165) is 24.2 Å². The second-order valence-electron chi connectivity index (χ2n) is 7.43. The van der Waals surface area contributed by atoms with Crippen molar-refractivity contribution in [1.82, 2.24) is 34.3 Å². The number of hydrogen-bond acceptors (Lipinski definition) is 5. The number of aromatic nitrogens is 7. The zero-order valence-electron chi connectivity index (χ0n) is 16.6. The van der Waals surface area contributed by atoms with Crippen molar-refractivity contribution in [2.24, 2.45) is 0 Å². The van der Waals surface area contributed by atoms with Crippen LogP contribution in [0, 0.1) is 11.8 Å². The van der Waals surface area contributed by atoms with Crippen LogP contribution in [-0.4, -0.2) is 34.3 Å². The van der Waals surface area contributed by atoms with E-state index in [1.54, 1.807) is 16.9 Å². The standard InChI is InChI=1S/C24H17N7/c1-2-5-17(6-3-1)21-11-8-18-15-30(29-24(18)21)23-13-19(26-16-27-23)9-10-20-14-25-22-7-4-12-28-31(20)22/h1-7,12-16,21H,8,11H2. The Bertz CT molecular complexity index is 1450. The molecule has 0 radical (unpaired) electrons. The third-order valence-electron chi connectivity index (χ3n) is 5.54. The molecule has 0 fully saturated rings. The van der Waals surface area contributed by atoms with Gasteiger partial charge in [-0.15, -0.1) is 0 Å². The molecule has 1 aliphatic carbocycles. The SMILES string of the molecule is C(#Cc1cnc2cccnn12)c1cc(-n2cc3c(n2)C(c2ccccc2)CC3)ncn1. The summed E-state index contributed by atoms with van der Waals surface area (Å²) in [6.45, 7) is 0. The van der Waals surface area contributed by atoms with Crippen LogP contribution in [-0.2, 0) is 6.42 Å². The van der Waals surface area contributed by atoms with Gasteiger partial charge in [-0.25, -0.2) is 24.1 Å². The van der Waals surface area contributed by atoms with E-state index >= 15 is 0 Å². The van der Waals surface area contributed by atoms with Crippen LogP contribution < -0.4 is 0 Å². The van der Waals surface area contributed by atoms with Crippen molar-refractivity contribution >= 4 is 5.65 Å². The normalized spacial score (nSPS) is 14.9. The minimum Gasteiger partial charge on any atom is -0.234 e. The van der Waals surface area contributed by atoms with Gasteiger partial charge in [-0.05, 0) is 47.9 Å². The molecule has 4 heterocycles. The third kappa shape index (κ3) is 3.15. The first kappa shape index (κ1) is 17.5. The smallest absolute Gasteiger partial charge is 0.157 e. The molecule has 0 aliphatic heterocycles. The Labute approximate surface area is 178 Å². The molecule has 148 valence electrons. The highest BCUT2D eigenvalue weighted by Crippen LogP contribution is 2.37. The molecule has 1 aliphatic rings. The molecule has 1 aromatic carbocycles. The molecule has 0 bridgehead atoms. The van der Waals surface area contributed by atoms with Crippen LogP contribution in [0.2, 0.25) is 0 Å². The van der Waals surface area contributed by atoms with E-state index in [4.69, 9.17) is 5.10 Å². The fourth-order valence-electron chi connectivity index (χ4n) is 4.06. The summed E-state index contributed by atoms with van der Waals surface area (Å²) in [4.78, 5) is 13.0. The van der Waals surface area contributed by atoms with Crippen molar-refractivity contribution in [3.63, 3.8) is 0 Å². The second-order valence-corrected chi connectivity index (χ2v) is 7.43. The predicted octanol–water partition coefficient (Wildman–Crippen LogP) is 3.18. The lowest BCUT2D eigenvalue weighted by Gasteiger charge is -2.09. The van der Waals surface area contributed by atoms with Gasteiger partial charge in [-0.1, -0.05) is 30.3 Å². The monoisotopic (exact) mass is 403 g/mol. The van der Waals surface area contributed by atoms with Crippen molar-refractivity contribution in [2.45, 2.75) is 18.8 Å². The Kier molecular flexibility index (Phi) is 4.06. The Hall–Kier alpha value is -4.31. The summed E-state index contributed by atoms with van der Waals surface area (Å²) in [5.41, 5.74) is 5.80. The molecule has 31 heavy (non-hydrogen) atoms. The van der Waals surface area contributed by atoms with Gasteiger partial charge in [0.15, 0.2) is 11.5 Å². The zero-order valence-corrected chi connectivity index (χ0v) is 16.6. The maximum atomic E-state index is 4.86. The molecule has 1 atom stereocenters. The molecule has 5 aromatic rings. The summed E-state index contributed by atoms with van der Waals surface area (Å²) in [7, 11) is 0. The first-order valence-corrected chi connectivity index (χ1v) is 10.1. The molecule has 0 spiro atoms. The summed E-state index contributed by atoms with van der Waals surface area (Å²) in [5.74, 6) is 7.23. The van der Waals surface area contributed by atoms with Crippen LogP contribution in [0.1, 0.15) is 40.5 Å². The number of fused-ring (bicyclic) bond motifs is 2. The third-order valence-corrected chi connectivity index (χ3v) is 5.54. The van der Waals surface area contributed by atoms with Gasteiger partial charge in [-0.2, -0.15) is 10.2 Å². The Morgan fingerprint density at radius 2 is 1.90 bits per heavy atom. The van der Waals surface area contributed by atoms with Crippen LogP contribution >= 0.6 is 0 Å². The minimum absolute atomic E-state index is 0.334. The molecule has 7 nitrogen and oxygen atoms in total. The Balaban J connectivity index is 1.32. The van der Waals surface area contributed by atoms with E-state index in [2.05, 4.69) is 62.4 Å². The van der Waals surface area contributed by atoms with Crippen molar-refractivity contribution in [3.8, 4) is 17.7 Å². The van der Waals surface area contributed by atoms with Gasteiger partial charge in [-0.3, -0.25) is 0 Å². The highest BCUT2D eigenvalue weighted by molar-refractivity contribution is 5.45. The van der Waals surface area contributed by atoms with E-state index in [0.29, 0.717) is 23.1 Å². The maximum absolute atomic E-state index is 4.86. The largest absolute Gasteiger partial charge is 0.234 e. The van der Waals surface area contributed by atoms with E-state index in [9.17, 15) is 0 Å². The fraction of sp³-hybridized carbons (Fsp3) is 0.125. The molecule has 0 N–H and O–H groups in total. The van der Waals surface area contributed by atoms with Gasteiger partial charge in [0.05, 0.1) is 11.9 Å². The molecule has 7 heteroatoms. The van der Waals surface area contributed by atoms with Crippen molar-refractivity contribution in [2.75, 3.05) is 0 Å². The van der Waals surface area contributed by atoms with Gasteiger partial charge >= 0.3 is 0 Å². The van der Waals surface area contributed by atoms with Gasteiger partial charge in [0.2, 0.25) is 0 Å². The topological polar surface area (TPSA) is 73.8 Å². The van der Waals surface area contributed by atoms with E-state index < -0.39 is 0 Å². The van der Waals surface area contributed by atoms with Gasteiger partial charge in [0, 0.05) is 24.4 Å². The quantitative estimate of drug-likeness (QED) is 0.423. The fourth-order valence-corrected chi connectivity index (χ4v) is 4.06. The molecule has 6 rings (SSSR count). The molecule has 0 saturated carbocycles. The van der Waals surface area contributed by atoms with Gasteiger partial charge < -0.3 is 0 Å². The van der Waals surface area contributed by atoms with Crippen molar-refractivity contribution in [1.29, 1.82) is 0 Å². The molecule has 0 amide bonds. The number of hydrogen-bond donors (Lipinski definition) is 0. The Morgan fingerprint density at radius 1 is 0.968 bits per heavy atom. The lowest BCUT2D eigenvalue weighted by atomic mass is 9.97. The average molecular weight is 403 g/mol. The summed E-state index contributed by atoms with van der Waals surface area (Å²) < 4.78 is 3.54.